The van der Waals surface area contributed by atoms with E-state index in [1.807, 2.05) is 0 Å². The summed E-state index contributed by atoms with van der Waals surface area (Å²) in [6, 6.07) is 3.85. The summed E-state index contributed by atoms with van der Waals surface area (Å²) in [5.41, 5.74) is 5.76. The number of primary amides is 1. The van der Waals surface area contributed by atoms with Gasteiger partial charge in [-0.2, -0.15) is 0 Å². The van der Waals surface area contributed by atoms with Crippen molar-refractivity contribution in [1.82, 2.24) is 9.80 Å². The largest absolute Gasteiger partial charge is 0.445 e. The first kappa shape index (κ1) is 23.9. The monoisotopic (exact) mass is 461 g/mol. The molecule has 1 atom stereocenters. The van der Waals surface area contributed by atoms with Gasteiger partial charge in [0.25, 0.3) is 0 Å². The molecule has 2 rings (SSSR count). The second-order valence-electron chi connectivity index (χ2n) is 6.84. The fourth-order valence-corrected chi connectivity index (χ4v) is 3.45. The third-order valence-corrected chi connectivity index (χ3v) is 5.28. The van der Waals surface area contributed by atoms with Crippen LogP contribution in [0, 0.1) is 0 Å². The zero-order valence-electron chi connectivity index (χ0n) is 16.1. The first-order valence-electron chi connectivity index (χ1n) is 9.25. The minimum Gasteiger partial charge on any atom is -0.445 e. The second-order valence-corrected chi connectivity index (χ2v) is 7.66. The lowest BCUT2D eigenvalue weighted by molar-refractivity contribution is -0.143. The summed E-state index contributed by atoms with van der Waals surface area (Å²) in [6.45, 7) is -2.24. The summed E-state index contributed by atoms with van der Waals surface area (Å²) < 4.78 is 17.9. The van der Waals surface area contributed by atoms with Gasteiger partial charge in [0.2, 0.25) is 11.8 Å². The van der Waals surface area contributed by atoms with Crippen molar-refractivity contribution in [3.63, 3.8) is 0 Å². The Hall–Kier alpha value is -2.39. The quantitative estimate of drug-likeness (QED) is 0.638. The molecule has 0 saturated carbocycles. The Morgan fingerprint density at radius 1 is 1.17 bits per heavy atom. The van der Waals surface area contributed by atoms with E-state index in [4.69, 9.17) is 33.7 Å². The molecule has 0 bridgehead atoms. The van der Waals surface area contributed by atoms with Crippen molar-refractivity contribution in [3.8, 4) is 0 Å². The maximum absolute atomic E-state index is 12.9. The first-order valence-corrected chi connectivity index (χ1v) is 10.0. The van der Waals surface area contributed by atoms with Gasteiger partial charge in [-0.3, -0.25) is 19.3 Å². The highest BCUT2D eigenvalue weighted by molar-refractivity contribution is 6.42. The SMILES string of the molecule is NC(=O)CN(CC(=O)CF)C(=O)C1CCCCN1C(=O)OCc1ccc(Cl)c(Cl)c1. The van der Waals surface area contributed by atoms with Crippen molar-refractivity contribution in [3.05, 3.63) is 33.8 Å². The van der Waals surface area contributed by atoms with Crippen molar-refractivity contribution in [2.24, 2.45) is 5.73 Å². The van der Waals surface area contributed by atoms with Crippen LogP contribution in [-0.2, 0) is 25.7 Å². The second kappa shape index (κ2) is 11.1. The molecule has 1 unspecified atom stereocenters. The van der Waals surface area contributed by atoms with E-state index in [-0.39, 0.29) is 13.2 Å². The molecule has 3 amide bonds. The molecule has 0 aliphatic carbocycles. The number of carbonyl (C=O) groups excluding carboxylic acids is 4. The smallest absolute Gasteiger partial charge is 0.410 e. The Labute approximate surface area is 183 Å². The molecule has 8 nitrogen and oxygen atoms in total. The normalized spacial score (nSPS) is 16.1. The van der Waals surface area contributed by atoms with Crippen LogP contribution in [0.25, 0.3) is 0 Å². The lowest BCUT2D eigenvalue weighted by atomic mass is 10.0. The third-order valence-electron chi connectivity index (χ3n) is 4.54. The van der Waals surface area contributed by atoms with Crippen LogP contribution in [-0.4, -0.2) is 65.8 Å². The number of benzene rings is 1. The number of ketones is 1. The summed E-state index contributed by atoms with van der Waals surface area (Å²) >= 11 is 11.8. The van der Waals surface area contributed by atoms with E-state index in [0.717, 1.165) is 4.90 Å². The average Bonchev–Trinajstić information content (AvgIpc) is 2.72. The average molecular weight is 462 g/mol. The Morgan fingerprint density at radius 3 is 2.53 bits per heavy atom. The van der Waals surface area contributed by atoms with Gasteiger partial charge in [0.15, 0.2) is 5.78 Å². The number of hydrogen-bond acceptors (Lipinski definition) is 5. The van der Waals surface area contributed by atoms with E-state index in [1.54, 1.807) is 18.2 Å². The summed E-state index contributed by atoms with van der Waals surface area (Å²) in [5.74, 6) is -2.37. The number of hydrogen-bond donors (Lipinski definition) is 1. The Bertz CT molecular complexity index is 823. The lowest BCUT2D eigenvalue weighted by Crippen LogP contribution is -2.55. The number of amides is 3. The molecule has 2 N–H and O–H groups in total. The van der Waals surface area contributed by atoms with Gasteiger partial charge in [-0.1, -0.05) is 29.3 Å². The number of Topliss-reactive ketones (excluding diaryl/α,β-unsaturated/α-hetero) is 1. The number of nitrogens with zero attached hydrogens (tertiary/aromatic N) is 2. The molecule has 164 valence electrons. The van der Waals surface area contributed by atoms with Gasteiger partial charge >= 0.3 is 6.09 Å². The number of alkyl halides is 1. The van der Waals surface area contributed by atoms with Crippen LogP contribution in [0.3, 0.4) is 0 Å². The maximum atomic E-state index is 12.9. The predicted octanol–water partition coefficient (Wildman–Crippen LogP) is 2.34. The summed E-state index contributed by atoms with van der Waals surface area (Å²) in [4.78, 5) is 50.4. The van der Waals surface area contributed by atoms with Crippen molar-refractivity contribution >= 4 is 46.9 Å². The van der Waals surface area contributed by atoms with Crippen molar-refractivity contribution < 1.29 is 28.3 Å². The van der Waals surface area contributed by atoms with E-state index in [1.165, 1.54) is 4.90 Å². The Morgan fingerprint density at radius 2 is 1.90 bits per heavy atom. The van der Waals surface area contributed by atoms with E-state index in [0.29, 0.717) is 34.9 Å². The van der Waals surface area contributed by atoms with Crippen molar-refractivity contribution in [2.45, 2.75) is 31.9 Å². The molecular formula is C19H22Cl2FN3O5. The predicted molar refractivity (Wildman–Crippen MR) is 108 cm³/mol. The van der Waals surface area contributed by atoms with Crippen LogP contribution < -0.4 is 5.73 Å². The standard InChI is InChI=1S/C19H22Cl2FN3O5/c20-14-5-4-12(7-15(14)21)11-30-19(29)25-6-2-1-3-16(25)18(28)24(10-17(23)27)9-13(26)8-22/h4-5,7,16H,1-3,6,8-11H2,(H2,23,27). The molecule has 0 spiro atoms. The maximum Gasteiger partial charge on any atom is 0.410 e. The molecule has 1 aliphatic heterocycles. The minimum absolute atomic E-state index is 0.0849. The molecule has 1 aromatic carbocycles. The van der Waals surface area contributed by atoms with Gasteiger partial charge in [0.1, 0.15) is 19.3 Å². The van der Waals surface area contributed by atoms with E-state index in [9.17, 15) is 23.6 Å². The number of rotatable bonds is 8. The highest BCUT2D eigenvalue weighted by Gasteiger charge is 2.36. The molecule has 0 radical (unpaired) electrons. The van der Waals surface area contributed by atoms with Crippen LogP contribution in [0.4, 0.5) is 9.18 Å². The Balaban J connectivity index is 2.09. The summed E-state index contributed by atoms with van der Waals surface area (Å²) in [5, 5.41) is 0.682. The molecule has 0 aromatic heterocycles. The third kappa shape index (κ3) is 6.56. The number of carbonyl (C=O) groups is 4. The van der Waals surface area contributed by atoms with Crippen LogP contribution in [0.5, 0.6) is 0 Å². The molecule has 11 heteroatoms. The number of likely N-dealkylation sites (tertiary alicyclic amines) is 1. The van der Waals surface area contributed by atoms with Crippen LogP contribution in [0.1, 0.15) is 24.8 Å². The lowest BCUT2D eigenvalue weighted by Gasteiger charge is -2.36. The van der Waals surface area contributed by atoms with Crippen LogP contribution in [0.15, 0.2) is 18.2 Å². The van der Waals surface area contributed by atoms with Gasteiger partial charge in [0, 0.05) is 6.54 Å². The zero-order valence-corrected chi connectivity index (χ0v) is 17.6. The van der Waals surface area contributed by atoms with E-state index >= 15 is 0 Å². The molecule has 30 heavy (non-hydrogen) atoms. The highest BCUT2D eigenvalue weighted by atomic mass is 35.5. The number of piperidine rings is 1. The minimum atomic E-state index is -1.28. The summed E-state index contributed by atoms with van der Waals surface area (Å²) in [7, 11) is 0. The molecule has 1 heterocycles. The number of ether oxygens (including phenoxy) is 1. The molecule has 1 aromatic rings. The van der Waals surface area contributed by atoms with Gasteiger partial charge in [-0.25, -0.2) is 9.18 Å². The van der Waals surface area contributed by atoms with Crippen molar-refractivity contribution in [1.29, 1.82) is 0 Å². The van der Waals surface area contributed by atoms with E-state index in [2.05, 4.69) is 0 Å². The Kier molecular flexibility index (Phi) is 8.86. The molecule has 1 fully saturated rings. The number of halogens is 3. The molecule has 1 aliphatic rings. The highest BCUT2D eigenvalue weighted by Crippen LogP contribution is 2.24. The van der Waals surface area contributed by atoms with Crippen molar-refractivity contribution in [2.75, 3.05) is 26.3 Å². The summed E-state index contributed by atoms with van der Waals surface area (Å²) in [6.07, 6.45) is 0.911. The number of nitrogens with two attached hydrogens (primary N) is 1. The van der Waals surface area contributed by atoms with Gasteiger partial charge in [-0.15, -0.1) is 0 Å². The topological polar surface area (TPSA) is 110 Å². The zero-order chi connectivity index (χ0) is 22.3. The molecular weight excluding hydrogens is 440 g/mol. The fraction of sp³-hybridized carbons (Fsp3) is 0.474. The fourth-order valence-electron chi connectivity index (χ4n) is 3.13. The van der Waals surface area contributed by atoms with E-state index < -0.39 is 49.5 Å². The first-order chi connectivity index (χ1) is 14.2. The molecule has 1 saturated heterocycles. The van der Waals surface area contributed by atoms with Gasteiger partial charge < -0.3 is 15.4 Å². The van der Waals surface area contributed by atoms with Crippen LogP contribution >= 0.6 is 23.2 Å². The van der Waals surface area contributed by atoms with Gasteiger partial charge in [-0.05, 0) is 37.0 Å². The van der Waals surface area contributed by atoms with Crippen LogP contribution in [0.2, 0.25) is 10.0 Å². The van der Waals surface area contributed by atoms with Gasteiger partial charge in [0.05, 0.1) is 23.1 Å².